The number of aromatic amines is 1. The van der Waals surface area contributed by atoms with Gasteiger partial charge in [0, 0.05) is 51.6 Å². The predicted octanol–water partition coefficient (Wildman–Crippen LogP) is 1.41. The van der Waals surface area contributed by atoms with Crippen LogP contribution in [-0.4, -0.2) is 78.4 Å². The monoisotopic (exact) mass is 377 g/mol. The Bertz CT molecular complexity index is 583. The van der Waals surface area contributed by atoms with E-state index in [1.807, 2.05) is 0 Å². The molecule has 3 rings (SSSR count). The molecule has 2 saturated heterocycles. The van der Waals surface area contributed by atoms with Crippen molar-refractivity contribution in [1.29, 1.82) is 0 Å². The number of nitrogens with one attached hydrogen (secondary N) is 2. The smallest absolute Gasteiger partial charge is 0.224 e. The third kappa shape index (κ3) is 5.77. The van der Waals surface area contributed by atoms with Crippen molar-refractivity contribution in [1.82, 2.24) is 25.3 Å². The lowest BCUT2D eigenvalue weighted by Crippen LogP contribution is -2.50. The first-order valence-corrected chi connectivity index (χ1v) is 10.5. The van der Waals surface area contributed by atoms with Crippen molar-refractivity contribution in [3.8, 4) is 0 Å². The second-order valence-electron chi connectivity index (χ2n) is 7.86. The number of hydrogen-bond donors (Lipinski definition) is 2. The fraction of sp³-hybridized carbons (Fsp3) is 0.800. The van der Waals surface area contributed by atoms with Crippen LogP contribution < -0.4 is 5.32 Å². The van der Waals surface area contributed by atoms with E-state index in [0.29, 0.717) is 19.2 Å². The van der Waals surface area contributed by atoms with Crippen LogP contribution in [0.4, 0.5) is 0 Å². The molecule has 0 saturated carbocycles. The number of likely N-dealkylation sites (tertiary alicyclic amines) is 2. The second kappa shape index (κ2) is 10.2. The zero-order valence-corrected chi connectivity index (χ0v) is 16.9. The summed E-state index contributed by atoms with van der Waals surface area (Å²) < 4.78 is 5.02. The Kier molecular flexibility index (Phi) is 7.67. The lowest BCUT2D eigenvalue weighted by molar-refractivity contribution is -0.127. The Balaban J connectivity index is 1.42. The number of hydrogen-bond acceptors (Lipinski definition) is 5. The first kappa shape index (κ1) is 20.3. The number of rotatable bonds is 8. The van der Waals surface area contributed by atoms with Crippen molar-refractivity contribution in [2.75, 3.05) is 46.4 Å². The van der Waals surface area contributed by atoms with Gasteiger partial charge in [-0.1, -0.05) is 6.92 Å². The van der Waals surface area contributed by atoms with E-state index in [-0.39, 0.29) is 11.8 Å². The summed E-state index contributed by atoms with van der Waals surface area (Å²) in [5, 5.41) is 10.5. The number of aromatic nitrogens is 2. The molecule has 1 atom stereocenters. The van der Waals surface area contributed by atoms with Crippen molar-refractivity contribution in [2.24, 2.45) is 5.92 Å². The summed E-state index contributed by atoms with van der Waals surface area (Å²) in [6.45, 7) is 8.56. The van der Waals surface area contributed by atoms with Crippen molar-refractivity contribution < 1.29 is 9.53 Å². The van der Waals surface area contributed by atoms with Gasteiger partial charge in [0.25, 0.3) is 0 Å². The highest BCUT2D eigenvalue weighted by Crippen LogP contribution is 2.24. The third-order valence-electron chi connectivity index (χ3n) is 5.94. The standard InChI is InChI=1S/C20H35N5O2/c1-3-17-13-18(23-22-17)15-24-10-6-19(7-11-24)25-9-4-5-16(14-25)20(26)21-8-12-27-2/h13,16,19H,3-12,14-15H2,1-2H3,(H,21,26)(H,22,23). The number of carbonyl (C=O) groups is 1. The fourth-order valence-electron chi connectivity index (χ4n) is 4.33. The quantitative estimate of drug-likeness (QED) is 0.670. The van der Waals surface area contributed by atoms with E-state index in [2.05, 4.69) is 38.3 Å². The number of H-pyrrole nitrogens is 1. The average molecular weight is 378 g/mol. The second-order valence-corrected chi connectivity index (χ2v) is 7.86. The first-order chi connectivity index (χ1) is 13.2. The number of ether oxygens (including phenoxy) is 1. The molecule has 152 valence electrons. The molecule has 0 bridgehead atoms. The maximum Gasteiger partial charge on any atom is 0.224 e. The highest BCUT2D eigenvalue weighted by Gasteiger charge is 2.31. The van der Waals surface area contributed by atoms with Gasteiger partial charge in [-0.2, -0.15) is 5.10 Å². The molecule has 27 heavy (non-hydrogen) atoms. The van der Waals surface area contributed by atoms with Gasteiger partial charge in [-0.3, -0.25) is 19.7 Å². The average Bonchev–Trinajstić information content (AvgIpc) is 3.16. The van der Waals surface area contributed by atoms with Gasteiger partial charge in [0.2, 0.25) is 5.91 Å². The number of carbonyl (C=O) groups excluding carboxylic acids is 1. The van der Waals surface area contributed by atoms with E-state index in [9.17, 15) is 4.79 Å². The van der Waals surface area contributed by atoms with E-state index in [4.69, 9.17) is 4.74 Å². The molecule has 7 nitrogen and oxygen atoms in total. The fourth-order valence-corrected chi connectivity index (χ4v) is 4.33. The van der Waals surface area contributed by atoms with Crippen LogP contribution in [0.1, 0.15) is 44.0 Å². The van der Waals surface area contributed by atoms with Crippen LogP contribution in [0.3, 0.4) is 0 Å². The molecule has 1 amide bonds. The molecular weight excluding hydrogens is 342 g/mol. The Morgan fingerprint density at radius 2 is 2.15 bits per heavy atom. The minimum absolute atomic E-state index is 0.131. The van der Waals surface area contributed by atoms with Gasteiger partial charge in [-0.05, 0) is 44.7 Å². The zero-order chi connectivity index (χ0) is 19.1. The highest BCUT2D eigenvalue weighted by atomic mass is 16.5. The first-order valence-electron chi connectivity index (χ1n) is 10.5. The molecule has 3 heterocycles. The molecule has 0 radical (unpaired) electrons. The molecule has 0 aromatic carbocycles. The third-order valence-corrected chi connectivity index (χ3v) is 5.94. The van der Waals surface area contributed by atoms with Crippen molar-refractivity contribution in [3.63, 3.8) is 0 Å². The Labute approximate surface area is 162 Å². The summed E-state index contributed by atoms with van der Waals surface area (Å²) in [6, 6.07) is 2.80. The largest absolute Gasteiger partial charge is 0.383 e. The van der Waals surface area contributed by atoms with E-state index in [1.165, 1.54) is 18.5 Å². The maximum absolute atomic E-state index is 12.4. The van der Waals surface area contributed by atoms with Crippen LogP contribution in [0, 0.1) is 5.92 Å². The molecular formula is C20H35N5O2. The SMILES string of the molecule is CCc1cc(CN2CCC(N3CCCC(C(=O)NCCOC)C3)CC2)[nH]n1. The number of amides is 1. The molecule has 2 N–H and O–H groups in total. The summed E-state index contributed by atoms with van der Waals surface area (Å²) >= 11 is 0. The van der Waals surface area contributed by atoms with E-state index in [0.717, 1.165) is 57.7 Å². The van der Waals surface area contributed by atoms with Crippen molar-refractivity contribution in [2.45, 2.75) is 51.6 Å². The zero-order valence-electron chi connectivity index (χ0n) is 16.9. The normalized spacial score (nSPS) is 22.8. The number of aryl methyl sites for hydroxylation is 1. The van der Waals surface area contributed by atoms with E-state index < -0.39 is 0 Å². The Morgan fingerprint density at radius 3 is 2.85 bits per heavy atom. The maximum atomic E-state index is 12.4. The molecule has 2 aliphatic heterocycles. The Morgan fingerprint density at radius 1 is 1.33 bits per heavy atom. The molecule has 0 aliphatic carbocycles. The number of nitrogens with zero attached hydrogens (tertiary/aromatic N) is 3. The van der Waals surface area contributed by atoms with Crippen LogP contribution >= 0.6 is 0 Å². The Hall–Kier alpha value is -1.44. The summed E-state index contributed by atoms with van der Waals surface area (Å²) in [7, 11) is 1.66. The molecule has 7 heteroatoms. The van der Waals surface area contributed by atoms with Gasteiger partial charge >= 0.3 is 0 Å². The minimum atomic E-state index is 0.131. The van der Waals surface area contributed by atoms with E-state index >= 15 is 0 Å². The van der Waals surface area contributed by atoms with Gasteiger partial charge in [0.1, 0.15) is 0 Å². The van der Waals surface area contributed by atoms with Crippen LogP contribution in [-0.2, 0) is 22.5 Å². The van der Waals surface area contributed by atoms with Crippen LogP contribution in [0.25, 0.3) is 0 Å². The summed E-state index contributed by atoms with van der Waals surface area (Å²) in [5.74, 6) is 0.325. The van der Waals surface area contributed by atoms with Crippen LogP contribution in [0.5, 0.6) is 0 Å². The van der Waals surface area contributed by atoms with Crippen molar-refractivity contribution >= 4 is 5.91 Å². The molecule has 1 unspecified atom stereocenters. The lowest BCUT2D eigenvalue weighted by atomic mass is 9.93. The number of methoxy groups -OCH3 is 1. The van der Waals surface area contributed by atoms with Crippen LogP contribution in [0.2, 0.25) is 0 Å². The van der Waals surface area contributed by atoms with Gasteiger partial charge in [0.05, 0.1) is 18.2 Å². The predicted molar refractivity (Wildman–Crippen MR) is 105 cm³/mol. The van der Waals surface area contributed by atoms with Gasteiger partial charge in [-0.25, -0.2) is 0 Å². The molecule has 1 aromatic heterocycles. The van der Waals surface area contributed by atoms with E-state index in [1.54, 1.807) is 7.11 Å². The number of piperidine rings is 2. The van der Waals surface area contributed by atoms with Crippen molar-refractivity contribution in [3.05, 3.63) is 17.5 Å². The van der Waals surface area contributed by atoms with Gasteiger partial charge in [0.15, 0.2) is 0 Å². The molecule has 2 aliphatic rings. The molecule has 2 fully saturated rings. The molecule has 0 spiro atoms. The van der Waals surface area contributed by atoms with Gasteiger partial charge < -0.3 is 10.1 Å². The minimum Gasteiger partial charge on any atom is -0.383 e. The van der Waals surface area contributed by atoms with Gasteiger partial charge in [-0.15, -0.1) is 0 Å². The highest BCUT2D eigenvalue weighted by molar-refractivity contribution is 5.78. The summed E-state index contributed by atoms with van der Waals surface area (Å²) in [5.41, 5.74) is 2.36. The lowest BCUT2D eigenvalue weighted by Gasteiger charge is -2.42. The topological polar surface area (TPSA) is 73.5 Å². The summed E-state index contributed by atoms with van der Waals surface area (Å²) in [4.78, 5) is 17.5. The summed E-state index contributed by atoms with van der Waals surface area (Å²) in [6.07, 6.45) is 5.48. The molecule has 1 aromatic rings. The van der Waals surface area contributed by atoms with Crippen LogP contribution in [0.15, 0.2) is 6.07 Å².